The van der Waals surface area contributed by atoms with Crippen molar-refractivity contribution in [3.05, 3.63) is 16.8 Å². The van der Waals surface area contributed by atoms with Crippen LogP contribution >= 0.6 is 0 Å². The maximum absolute atomic E-state index is 9.63. The molecule has 2 heterocycles. The fourth-order valence-electron chi connectivity index (χ4n) is 3.45. The number of anilines is 1. The monoisotopic (exact) mass is 313 g/mol. The molecule has 3 rings (SSSR count). The standard InChI is InChI=1S/C18H27N5/c1-3-15-16(11-19)18(22-21-17(15)4-2)23-9-7-14(8-10-23)20-12-13-5-6-13/h13-14,20H,3-10,12H2,1-2H3. The molecule has 2 fully saturated rings. The molecule has 23 heavy (non-hydrogen) atoms. The normalized spacial score (nSPS) is 18.9. The van der Waals surface area contributed by atoms with Gasteiger partial charge in [-0.3, -0.25) is 0 Å². The molecule has 0 radical (unpaired) electrons. The van der Waals surface area contributed by atoms with Crippen LogP contribution in [-0.2, 0) is 12.8 Å². The highest BCUT2D eigenvalue weighted by atomic mass is 15.3. The van der Waals surface area contributed by atoms with Crippen molar-refractivity contribution in [2.24, 2.45) is 5.92 Å². The van der Waals surface area contributed by atoms with Crippen molar-refractivity contribution in [1.82, 2.24) is 15.5 Å². The average molecular weight is 313 g/mol. The first kappa shape index (κ1) is 16.2. The second-order valence-corrected chi connectivity index (χ2v) is 6.76. The van der Waals surface area contributed by atoms with E-state index in [0.29, 0.717) is 6.04 Å². The number of nitriles is 1. The minimum atomic E-state index is 0.617. The van der Waals surface area contributed by atoms with Crippen molar-refractivity contribution in [2.75, 3.05) is 24.5 Å². The lowest BCUT2D eigenvalue weighted by Crippen LogP contribution is -2.43. The third-order valence-corrected chi connectivity index (χ3v) is 5.13. The van der Waals surface area contributed by atoms with Crippen molar-refractivity contribution in [3.63, 3.8) is 0 Å². The Morgan fingerprint density at radius 2 is 1.87 bits per heavy atom. The van der Waals surface area contributed by atoms with Gasteiger partial charge in [-0.1, -0.05) is 13.8 Å². The van der Waals surface area contributed by atoms with Crippen LogP contribution in [0.25, 0.3) is 0 Å². The summed E-state index contributed by atoms with van der Waals surface area (Å²) in [5.41, 5.74) is 2.78. The molecule has 0 amide bonds. The van der Waals surface area contributed by atoms with Gasteiger partial charge in [0.2, 0.25) is 0 Å². The van der Waals surface area contributed by atoms with E-state index in [1.807, 2.05) is 0 Å². The Bertz CT molecular complexity index is 580. The van der Waals surface area contributed by atoms with Gasteiger partial charge in [-0.25, -0.2) is 0 Å². The van der Waals surface area contributed by atoms with Crippen LogP contribution in [0, 0.1) is 17.2 Å². The predicted molar refractivity (Wildman–Crippen MR) is 91.5 cm³/mol. The van der Waals surface area contributed by atoms with Crippen LogP contribution in [0.3, 0.4) is 0 Å². The van der Waals surface area contributed by atoms with Crippen molar-refractivity contribution in [2.45, 2.75) is 58.4 Å². The zero-order valence-electron chi connectivity index (χ0n) is 14.3. The third kappa shape index (κ3) is 3.64. The Hall–Kier alpha value is -1.67. The van der Waals surface area contributed by atoms with Crippen LogP contribution in [0.4, 0.5) is 5.82 Å². The van der Waals surface area contributed by atoms with E-state index in [1.165, 1.54) is 19.4 Å². The molecule has 0 bridgehead atoms. The second kappa shape index (κ2) is 7.27. The summed E-state index contributed by atoms with van der Waals surface area (Å²) < 4.78 is 0. The first-order valence-electron chi connectivity index (χ1n) is 9.03. The highest BCUT2D eigenvalue weighted by Gasteiger charge is 2.26. The Morgan fingerprint density at radius 3 is 2.43 bits per heavy atom. The summed E-state index contributed by atoms with van der Waals surface area (Å²) in [5.74, 6) is 1.72. The summed E-state index contributed by atoms with van der Waals surface area (Å²) in [6, 6.07) is 3.00. The summed E-state index contributed by atoms with van der Waals surface area (Å²) in [7, 11) is 0. The number of nitrogens with zero attached hydrogens (tertiary/aromatic N) is 4. The number of nitrogens with one attached hydrogen (secondary N) is 1. The lowest BCUT2D eigenvalue weighted by atomic mass is 10.0. The Balaban J connectivity index is 1.68. The topological polar surface area (TPSA) is 64.8 Å². The first-order valence-corrected chi connectivity index (χ1v) is 9.03. The van der Waals surface area contributed by atoms with E-state index < -0.39 is 0 Å². The van der Waals surface area contributed by atoms with Crippen molar-refractivity contribution in [3.8, 4) is 6.07 Å². The smallest absolute Gasteiger partial charge is 0.169 e. The van der Waals surface area contributed by atoms with Gasteiger partial charge < -0.3 is 10.2 Å². The third-order valence-electron chi connectivity index (χ3n) is 5.13. The molecule has 1 aliphatic heterocycles. The van der Waals surface area contributed by atoms with Crippen LogP contribution in [0.15, 0.2) is 0 Å². The van der Waals surface area contributed by atoms with Crippen molar-refractivity contribution >= 4 is 5.82 Å². The van der Waals surface area contributed by atoms with Gasteiger partial charge in [-0.15, -0.1) is 5.10 Å². The molecule has 1 aromatic heterocycles. The van der Waals surface area contributed by atoms with Gasteiger partial charge in [0.05, 0.1) is 5.69 Å². The number of hydrogen-bond acceptors (Lipinski definition) is 5. The molecule has 0 spiro atoms. The Labute approximate surface area is 139 Å². The van der Waals surface area contributed by atoms with E-state index in [0.717, 1.165) is 67.3 Å². The molecular formula is C18H27N5. The maximum Gasteiger partial charge on any atom is 0.169 e. The van der Waals surface area contributed by atoms with Crippen LogP contribution in [0.2, 0.25) is 0 Å². The van der Waals surface area contributed by atoms with E-state index in [1.54, 1.807) is 0 Å². The van der Waals surface area contributed by atoms with E-state index >= 15 is 0 Å². The number of hydrogen-bond donors (Lipinski definition) is 1. The van der Waals surface area contributed by atoms with Gasteiger partial charge in [-0.05, 0) is 56.6 Å². The van der Waals surface area contributed by atoms with E-state index in [2.05, 4.69) is 40.3 Å². The lowest BCUT2D eigenvalue weighted by Gasteiger charge is -2.33. The van der Waals surface area contributed by atoms with Crippen LogP contribution in [0.5, 0.6) is 0 Å². The van der Waals surface area contributed by atoms with Gasteiger partial charge in [0, 0.05) is 19.1 Å². The molecule has 0 aromatic carbocycles. The molecule has 1 saturated carbocycles. The highest BCUT2D eigenvalue weighted by Crippen LogP contribution is 2.29. The van der Waals surface area contributed by atoms with Crippen LogP contribution in [0.1, 0.15) is 56.4 Å². The SMILES string of the molecule is CCc1nnc(N2CCC(NCC3CC3)CC2)c(C#N)c1CC. The summed E-state index contributed by atoms with van der Waals surface area (Å²) in [5, 5.41) is 22.1. The molecule has 5 nitrogen and oxygen atoms in total. The highest BCUT2D eigenvalue weighted by molar-refractivity contribution is 5.58. The number of piperidine rings is 1. The molecule has 124 valence electrons. The summed E-state index contributed by atoms with van der Waals surface area (Å²) in [6.07, 6.45) is 6.71. The van der Waals surface area contributed by atoms with E-state index in [-0.39, 0.29) is 0 Å². The Kier molecular flexibility index (Phi) is 5.12. The molecule has 1 aliphatic carbocycles. The molecule has 1 aromatic rings. The largest absolute Gasteiger partial charge is 0.354 e. The van der Waals surface area contributed by atoms with Gasteiger partial charge in [0.25, 0.3) is 0 Å². The summed E-state index contributed by atoms with van der Waals surface area (Å²) >= 11 is 0. The fourth-order valence-corrected chi connectivity index (χ4v) is 3.45. The minimum Gasteiger partial charge on any atom is -0.354 e. The molecule has 2 aliphatic rings. The van der Waals surface area contributed by atoms with Crippen molar-refractivity contribution in [1.29, 1.82) is 5.26 Å². The zero-order chi connectivity index (χ0) is 16.2. The zero-order valence-corrected chi connectivity index (χ0v) is 14.3. The van der Waals surface area contributed by atoms with E-state index in [4.69, 9.17) is 0 Å². The molecule has 0 unspecified atom stereocenters. The Morgan fingerprint density at radius 1 is 1.13 bits per heavy atom. The van der Waals surface area contributed by atoms with Crippen molar-refractivity contribution < 1.29 is 0 Å². The van der Waals surface area contributed by atoms with E-state index in [9.17, 15) is 5.26 Å². The molecule has 1 saturated heterocycles. The quantitative estimate of drug-likeness (QED) is 0.874. The molecular weight excluding hydrogens is 286 g/mol. The summed E-state index contributed by atoms with van der Waals surface area (Å²) in [4.78, 5) is 2.25. The molecule has 0 atom stereocenters. The fraction of sp³-hybridized carbons (Fsp3) is 0.722. The van der Waals surface area contributed by atoms with Gasteiger partial charge in [0.15, 0.2) is 5.82 Å². The second-order valence-electron chi connectivity index (χ2n) is 6.76. The molecule has 1 N–H and O–H groups in total. The van der Waals surface area contributed by atoms with Gasteiger partial charge in [-0.2, -0.15) is 10.4 Å². The van der Waals surface area contributed by atoms with Gasteiger partial charge >= 0.3 is 0 Å². The minimum absolute atomic E-state index is 0.617. The van der Waals surface area contributed by atoms with Crippen LogP contribution < -0.4 is 10.2 Å². The predicted octanol–water partition coefficient (Wildman–Crippen LogP) is 2.44. The number of rotatable bonds is 6. The number of aryl methyl sites for hydroxylation is 1. The maximum atomic E-state index is 9.63. The lowest BCUT2D eigenvalue weighted by molar-refractivity contribution is 0.407. The summed E-state index contributed by atoms with van der Waals surface area (Å²) in [6.45, 7) is 7.26. The van der Waals surface area contributed by atoms with Gasteiger partial charge in [0.1, 0.15) is 11.6 Å². The molecule has 5 heteroatoms. The first-order chi connectivity index (χ1) is 11.3. The average Bonchev–Trinajstić information content (AvgIpc) is 3.43. The number of aromatic nitrogens is 2. The van der Waals surface area contributed by atoms with Crippen LogP contribution in [-0.4, -0.2) is 35.9 Å².